The van der Waals surface area contributed by atoms with Gasteiger partial charge in [-0.2, -0.15) is 0 Å². The SMILES string of the molecule is CCCCCCCCCCCCCCCCCCCCCCCC(O)C(CO)NC(=O)CCCCCCCCCCCCCCCCCCCCCCCCCOC(=O)CCCCCCCCCCCCCCCCCCCC. The van der Waals surface area contributed by atoms with E-state index in [4.69, 9.17) is 4.74 Å². The van der Waals surface area contributed by atoms with Crippen LogP contribution in [0.25, 0.3) is 0 Å². The standard InChI is InChI=1S/C73H145NO5/c1-3-5-7-9-11-13-15-17-19-21-23-27-30-33-37-41-45-49-53-57-61-65-71(76)70(69-75)74-72(77)66-62-58-54-50-46-42-38-34-31-28-25-24-26-29-32-36-40-44-48-52-56-60-64-68-79-73(78)67-63-59-55-51-47-43-39-35-22-20-18-16-14-12-10-8-6-4-2/h70-71,75-76H,3-69H2,1-2H3,(H,74,77). The summed E-state index contributed by atoms with van der Waals surface area (Å²) in [5.41, 5.74) is 0. The zero-order chi connectivity index (χ0) is 57.1. The summed E-state index contributed by atoms with van der Waals surface area (Å²) in [6.07, 6.45) is 84.4. The largest absolute Gasteiger partial charge is 0.466 e. The Labute approximate surface area is 496 Å². The molecular weight excluding hydrogens is 971 g/mol. The van der Waals surface area contributed by atoms with Crippen molar-refractivity contribution in [2.24, 2.45) is 0 Å². The summed E-state index contributed by atoms with van der Waals surface area (Å²) in [5.74, 6) is -0.00818. The second kappa shape index (κ2) is 69.4. The zero-order valence-electron chi connectivity index (χ0n) is 54.2. The molecule has 0 bridgehead atoms. The number of unbranched alkanes of at least 4 members (excludes halogenated alkanes) is 59. The number of esters is 1. The van der Waals surface area contributed by atoms with E-state index in [1.54, 1.807) is 0 Å². The van der Waals surface area contributed by atoms with Crippen molar-refractivity contribution < 1.29 is 24.5 Å². The van der Waals surface area contributed by atoms with Crippen molar-refractivity contribution in [2.45, 2.75) is 443 Å². The molecule has 1 amide bonds. The van der Waals surface area contributed by atoms with Crippen LogP contribution in [0.4, 0.5) is 0 Å². The lowest BCUT2D eigenvalue weighted by atomic mass is 10.0. The maximum Gasteiger partial charge on any atom is 0.305 e. The molecule has 2 atom stereocenters. The number of hydrogen-bond acceptors (Lipinski definition) is 5. The minimum absolute atomic E-state index is 0.0205. The Bertz CT molecular complexity index is 1150. The Hall–Kier alpha value is -1.14. The van der Waals surface area contributed by atoms with Crippen LogP contribution in [0.3, 0.4) is 0 Å². The van der Waals surface area contributed by atoms with E-state index in [2.05, 4.69) is 19.2 Å². The molecule has 6 nitrogen and oxygen atoms in total. The van der Waals surface area contributed by atoms with Gasteiger partial charge in [0, 0.05) is 12.8 Å². The van der Waals surface area contributed by atoms with E-state index in [0.717, 1.165) is 38.5 Å². The third-order valence-electron chi connectivity index (χ3n) is 17.7. The number of aliphatic hydroxyl groups is 2. The molecule has 79 heavy (non-hydrogen) atoms. The molecule has 0 aliphatic rings. The van der Waals surface area contributed by atoms with Crippen LogP contribution in [0.15, 0.2) is 0 Å². The Balaban J connectivity index is 3.35. The van der Waals surface area contributed by atoms with Crippen molar-refractivity contribution in [3.05, 3.63) is 0 Å². The first-order valence-corrected chi connectivity index (χ1v) is 36.8. The number of ether oxygens (including phenoxy) is 1. The molecule has 0 aromatic heterocycles. The normalized spacial score (nSPS) is 12.4. The molecule has 0 spiro atoms. The van der Waals surface area contributed by atoms with E-state index in [9.17, 15) is 19.8 Å². The number of hydrogen-bond donors (Lipinski definition) is 3. The quantitative estimate of drug-likeness (QED) is 0.0417. The average molecular weight is 1120 g/mol. The number of nitrogens with one attached hydrogen (secondary N) is 1. The second-order valence-corrected chi connectivity index (χ2v) is 25.6. The minimum atomic E-state index is -0.664. The van der Waals surface area contributed by atoms with Crippen LogP contribution in [-0.4, -0.2) is 47.4 Å². The van der Waals surface area contributed by atoms with Gasteiger partial charge in [-0.1, -0.05) is 393 Å². The number of aliphatic hydroxyl groups excluding tert-OH is 2. The van der Waals surface area contributed by atoms with Crippen LogP contribution >= 0.6 is 0 Å². The number of rotatable bonds is 70. The highest BCUT2D eigenvalue weighted by atomic mass is 16.5. The zero-order valence-corrected chi connectivity index (χ0v) is 54.2. The summed E-state index contributed by atoms with van der Waals surface area (Å²) in [6, 6.07) is -0.541. The van der Waals surface area contributed by atoms with Gasteiger partial charge in [0.25, 0.3) is 0 Å². The smallest absolute Gasteiger partial charge is 0.305 e. The van der Waals surface area contributed by atoms with Gasteiger partial charge < -0.3 is 20.3 Å². The number of carbonyl (C=O) groups excluding carboxylic acids is 2. The number of amides is 1. The molecule has 0 radical (unpaired) electrons. The summed E-state index contributed by atoms with van der Waals surface area (Å²) in [6.45, 7) is 5.01. The number of carbonyl (C=O) groups is 2. The van der Waals surface area contributed by atoms with Gasteiger partial charge in [0.2, 0.25) is 5.91 Å². The topological polar surface area (TPSA) is 95.9 Å². The lowest BCUT2D eigenvalue weighted by Gasteiger charge is -2.22. The maximum atomic E-state index is 12.6. The van der Waals surface area contributed by atoms with Crippen LogP contribution in [0.1, 0.15) is 431 Å². The molecule has 3 N–H and O–H groups in total. The molecule has 2 unspecified atom stereocenters. The molecule has 0 aliphatic carbocycles. The predicted molar refractivity (Wildman–Crippen MR) is 347 cm³/mol. The predicted octanol–water partition coefficient (Wildman–Crippen LogP) is 23.8. The van der Waals surface area contributed by atoms with Gasteiger partial charge >= 0.3 is 5.97 Å². The first-order valence-electron chi connectivity index (χ1n) is 36.8. The lowest BCUT2D eigenvalue weighted by Crippen LogP contribution is -2.45. The van der Waals surface area contributed by atoms with Gasteiger partial charge in [0.15, 0.2) is 0 Å². The summed E-state index contributed by atoms with van der Waals surface area (Å²) >= 11 is 0. The summed E-state index contributed by atoms with van der Waals surface area (Å²) in [7, 11) is 0. The van der Waals surface area contributed by atoms with Gasteiger partial charge in [-0.05, 0) is 25.7 Å². The van der Waals surface area contributed by atoms with Crippen LogP contribution in [0, 0.1) is 0 Å². The molecular formula is C73H145NO5. The highest BCUT2D eigenvalue weighted by molar-refractivity contribution is 5.76. The van der Waals surface area contributed by atoms with E-state index in [1.165, 1.54) is 360 Å². The van der Waals surface area contributed by atoms with Crippen LogP contribution in [0.5, 0.6) is 0 Å². The highest BCUT2D eigenvalue weighted by Gasteiger charge is 2.20. The van der Waals surface area contributed by atoms with Crippen LogP contribution in [-0.2, 0) is 14.3 Å². The van der Waals surface area contributed by atoms with Crippen LogP contribution < -0.4 is 5.32 Å². The third kappa shape index (κ3) is 65.9. The first kappa shape index (κ1) is 77.9. The molecule has 0 saturated carbocycles. The van der Waals surface area contributed by atoms with Crippen molar-refractivity contribution in [1.82, 2.24) is 5.32 Å². The fraction of sp³-hybridized carbons (Fsp3) is 0.973. The molecule has 0 fully saturated rings. The molecule has 0 rings (SSSR count). The second-order valence-electron chi connectivity index (χ2n) is 25.6. The minimum Gasteiger partial charge on any atom is -0.466 e. The molecule has 6 heteroatoms. The Morgan fingerprint density at radius 1 is 0.304 bits per heavy atom. The summed E-state index contributed by atoms with van der Waals surface area (Å²) < 4.78 is 5.51. The Morgan fingerprint density at radius 3 is 0.772 bits per heavy atom. The molecule has 472 valence electrons. The Kier molecular flexibility index (Phi) is 68.4. The maximum absolute atomic E-state index is 12.6. The van der Waals surface area contributed by atoms with Crippen molar-refractivity contribution in [1.29, 1.82) is 0 Å². The van der Waals surface area contributed by atoms with Gasteiger partial charge in [0.1, 0.15) is 0 Å². The fourth-order valence-corrected chi connectivity index (χ4v) is 12.1. The van der Waals surface area contributed by atoms with Crippen molar-refractivity contribution in [3.8, 4) is 0 Å². The van der Waals surface area contributed by atoms with E-state index in [-0.39, 0.29) is 18.5 Å². The van der Waals surface area contributed by atoms with Gasteiger partial charge in [0.05, 0.1) is 25.4 Å². The molecule has 0 aromatic carbocycles. The molecule has 0 aliphatic heterocycles. The monoisotopic (exact) mass is 1120 g/mol. The van der Waals surface area contributed by atoms with E-state index >= 15 is 0 Å². The van der Waals surface area contributed by atoms with Crippen molar-refractivity contribution in [3.63, 3.8) is 0 Å². The third-order valence-corrected chi connectivity index (χ3v) is 17.7. The molecule has 0 saturated heterocycles. The van der Waals surface area contributed by atoms with Gasteiger partial charge in [-0.25, -0.2) is 0 Å². The Morgan fingerprint density at radius 2 is 0.519 bits per heavy atom. The van der Waals surface area contributed by atoms with E-state index < -0.39 is 12.1 Å². The molecule has 0 heterocycles. The van der Waals surface area contributed by atoms with Gasteiger partial charge in [-0.3, -0.25) is 9.59 Å². The van der Waals surface area contributed by atoms with Gasteiger partial charge in [-0.15, -0.1) is 0 Å². The van der Waals surface area contributed by atoms with E-state index in [1.807, 2.05) is 0 Å². The van der Waals surface area contributed by atoms with E-state index in [0.29, 0.717) is 25.9 Å². The highest BCUT2D eigenvalue weighted by Crippen LogP contribution is 2.20. The lowest BCUT2D eigenvalue weighted by molar-refractivity contribution is -0.143. The fourth-order valence-electron chi connectivity index (χ4n) is 12.1. The first-order chi connectivity index (χ1) is 39.0. The molecule has 0 aromatic rings. The average Bonchev–Trinajstić information content (AvgIpc) is 3.45. The van der Waals surface area contributed by atoms with Crippen molar-refractivity contribution >= 4 is 11.9 Å². The summed E-state index contributed by atoms with van der Waals surface area (Å²) in [4.78, 5) is 24.7. The van der Waals surface area contributed by atoms with Crippen LogP contribution in [0.2, 0.25) is 0 Å². The van der Waals surface area contributed by atoms with Crippen molar-refractivity contribution in [2.75, 3.05) is 13.2 Å². The summed E-state index contributed by atoms with van der Waals surface area (Å²) in [5, 5.41) is 23.4.